The van der Waals surface area contributed by atoms with Crippen LogP contribution >= 0.6 is 0 Å². The van der Waals surface area contributed by atoms with Gasteiger partial charge in [-0.3, -0.25) is 4.57 Å². The van der Waals surface area contributed by atoms with Gasteiger partial charge in [-0.15, -0.1) is 0 Å². The first-order valence-corrected chi connectivity index (χ1v) is 5.25. The molecule has 0 fully saturated rings. The zero-order valence-electron chi connectivity index (χ0n) is 9.65. The molecular formula is C11H12N6. The number of nitrogens with zero attached hydrogens (tertiary/aromatic N) is 6. The van der Waals surface area contributed by atoms with Crippen molar-refractivity contribution in [3.63, 3.8) is 0 Å². The molecule has 3 aromatic heterocycles. The highest BCUT2D eigenvalue weighted by Gasteiger charge is 2.12. The molecule has 6 nitrogen and oxygen atoms in total. The Bertz CT molecular complexity index is 631. The predicted octanol–water partition coefficient (Wildman–Crippen LogP) is 1.01. The quantitative estimate of drug-likeness (QED) is 0.657. The maximum atomic E-state index is 4.56. The van der Waals surface area contributed by atoms with Crippen molar-refractivity contribution in [1.82, 2.24) is 28.7 Å². The van der Waals surface area contributed by atoms with Crippen LogP contribution in [0.4, 0.5) is 0 Å². The molecule has 0 N–H and O–H groups in total. The molecule has 17 heavy (non-hydrogen) atoms. The van der Waals surface area contributed by atoms with E-state index in [1.807, 2.05) is 46.4 Å². The second-order valence-corrected chi connectivity index (χ2v) is 3.87. The minimum absolute atomic E-state index is 0.834. The largest absolute Gasteiger partial charge is 0.331 e. The Balaban J connectivity index is 2.11. The van der Waals surface area contributed by atoms with E-state index < -0.39 is 0 Å². The highest BCUT2D eigenvalue weighted by Crippen LogP contribution is 2.17. The molecule has 0 aliphatic carbocycles. The van der Waals surface area contributed by atoms with Gasteiger partial charge in [0.2, 0.25) is 0 Å². The van der Waals surface area contributed by atoms with Gasteiger partial charge >= 0.3 is 0 Å². The summed E-state index contributed by atoms with van der Waals surface area (Å²) in [6.07, 6.45) is 10.9. The van der Waals surface area contributed by atoms with E-state index in [2.05, 4.69) is 15.0 Å². The smallest absolute Gasteiger partial charge is 0.178 e. The third-order valence-corrected chi connectivity index (χ3v) is 2.65. The van der Waals surface area contributed by atoms with Gasteiger partial charge < -0.3 is 9.13 Å². The second kappa shape index (κ2) is 3.58. The van der Waals surface area contributed by atoms with Gasteiger partial charge in [0.1, 0.15) is 6.33 Å². The number of aryl methyl sites for hydroxylation is 2. The van der Waals surface area contributed by atoms with Crippen molar-refractivity contribution < 1.29 is 0 Å². The third kappa shape index (κ3) is 1.54. The first-order chi connectivity index (χ1) is 8.25. The summed E-state index contributed by atoms with van der Waals surface area (Å²) in [6.45, 7) is 0. The topological polar surface area (TPSA) is 53.5 Å². The van der Waals surface area contributed by atoms with Gasteiger partial charge in [0.25, 0.3) is 0 Å². The molecule has 3 aromatic rings. The number of hydrogen-bond acceptors (Lipinski definition) is 3. The fourth-order valence-corrected chi connectivity index (χ4v) is 1.76. The molecule has 0 bridgehead atoms. The van der Waals surface area contributed by atoms with Gasteiger partial charge in [-0.1, -0.05) is 0 Å². The predicted molar refractivity (Wildman–Crippen MR) is 62.5 cm³/mol. The van der Waals surface area contributed by atoms with Gasteiger partial charge in [-0.05, 0) is 0 Å². The van der Waals surface area contributed by atoms with Crippen LogP contribution in [0.25, 0.3) is 17.5 Å². The molecule has 0 atom stereocenters. The monoisotopic (exact) mass is 228 g/mol. The van der Waals surface area contributed by atoms with Gasteiger partial charge in [-0.2, -0.15) is 0 Å². The van der Waals surface area contributed by atoms with Crippen LogP contribution in [0.2, 0.25) is 0 Å². The lowest BCUT2D eigenvalue weighted by Crippen LogP contribution is -1.98. The molecule has 0 aromatic carbocycles. The van der Waals surface area contributed by atoms with Crippen molar-refractivity contribution in [3.8, 4) is 17.5 Å². The van der Waals surface area contributed by atoms with Crippen LogP contribution in [0.5, 0.6) is 0 Å². The molecule has 0 aliphatic rings. The van der Waals surface area contributed by atoms with Gasteiger partial charge in [0.15, 0.2) is 17.5 Å². The lowest BCUT2D eigenvalue weighted by atomic mass is 10.5. The summed E-state index contributed by atoms with van der Waals surface area (Å²) in [5, 5.41) is 0. The standard InChI is InChI=1S/C11H12N6/c1-15-5-4-13-10(15)11-14-9(7-16(11)2)17-6-3-12-8-17/h3-8H,1-2H3. The van der Waals surface area contributed by atoms with Crippen molar-refractivity contribution >= 4 is 0 Å². The van der Waals surface area contributed by atoms with Crippen molar-refractivity contribution in [3.05, 3.63) is 37.3 Å². The average molecular weight is 228 g/mol. The Morgan fingerprint density at radius 1 is 1.00 bits per heavy atom. The second-order valence-electron chi connectivity index (χ2n) is 3.87. The molecular weight excluding hydrogens is 216 g/mol. The van der Waals surface area contributed by atoms with Crippen molar-refractivity contribution in [2.45, 2.75) is 0 Å². The van der Waals surface area contributed by atoms with Crippen molar-refractivity contribution in [1.29, 1.82) is 0 Å². The number of imidazole rings is 3. The van der Waals surface area contributed by atoms with E-state index in [0.29, 0.717) is 0 Å². The maximum Gasteiger partial charge on any atom is 0.178 e. The zero-order valence-corrected chi connectivity index (χ0v) is 9.65. The molecule has 86 valence electrons. The molecule has 0 saturated heterocycles. The average Bonchev–Trinajstić information content (AvgIpc) is 2.98. The summed E-state index contributed by atoms with van der Waals surface area (Å²) in [5.74, 6) is 2.52. The first kappa shape index (κ1) is 9.83. The molecule has 3 heterocycles. The zero-order chi connectivity index (χ0) is 11.8. The van der Waals surface area contributed by atoms with Crippen LogP contribution in [0.1, 0.15) is 0 Å². The Morgan fingerprint density at radius 3 is 2.53 bits per heavy atom. The molecule has 0 unspecified atom stereocenters. The van der Waals surface area contributed by atoms with E-state index in [0.717, 1.165) is 17.5 Å². The highest BCUT2D eigenvalue weighted by atomic mass is 15.2. The Hall–Kier alpha value is -2.37. The summed E-state index contributed by atoms with van der Waals surface area (Å²) < 4.78 is 5.77. The minimum atomic E-state index is 0.834. The summed E-state index contributed by atoms with van der Waals surface area (Å²) in [4.78, 5) is 12.9. The molecule has 3 rings (SSSR count). The molecule has 6 heteroatoms. The van der Waals surface area contributed by atoms with E-state index in [9.17, 15) is 0 Å². The van der Waals surface area contributed by atoms with Crippen molar-refractivity contribution in [2.24, 2.45) is 14.1 Å². The van der Waals surface area contributed by atoms with E-state index >= 15 is 0 Å². The first-order valence-electron chi connectivity index (χ1n) is 5.25. The lowest BCUT2D eigenvalue weighted by Gasteiger charge is -2.00. The van der Waals surface area contributed by atoms with Gasteiger partial charge in [0.05, 0.1) is 0 Å². The minimum Gasteiger partial charge on any atom is -0.331 e. The number of hydrogen-bond donors (Lipinski definition) is 0. The Kier molecular flexibility index (Phi) is 2.07. The summed E-state index contributed by atoms with van der Waals surface area (Å²) in [6, 6.07) is 0. The molecule has 0 aliphatic heterocycles. The molecule has 0 amide bonds. The Morgan fingerprint density at radius 2 is 1.88 bits per heavy atom. The Labute approximate surface area is 98.2 Å². The van der Waals surface area contributed by atoms with Crippen LogP contribution in [0, 0.1) is 0 Å². The van der Waals surface area contributed by atoms with Gasteiger partial charge in [0, 0.05) is 45.1 Å². The number of rotatable bonds is 2. The fourth-order valence-electron chi connectivity index (χ4n) is 1.76. The van der Waals surface area contributed by atoms with Crippen LogP contribution in [-0.2, 0) is 14.1 Å². The lowest BCUT2D eigenvalue weighted by molar-refractivity contribution is 0.860. The van der Waals surface area contributed by atoms with Crippen LogP contribution in [0.3, 0.4) is 0 Å². The third-order valence-electron chi connectivity index (χ3n) is 2.65. The summed E-state index contributed by atoms with van der Waals surface area (Å²) >= 11 is 0. The number of aromatic nitrogens is 6. The van der Waals surface area contributed by atoms with Gasteiger partial charge in [-0.25, -0.2) is 15.0 Å². The molecule has 0 spiro atoms. The van der Waals surface area contributed by atoms with Crippen LogP contribution < -0.4 is 0 Å². The highest BCUT2D eigenvalue weighted by molar-refractivity contribution is 5.47. The van der Waals surface area contributed by atoms with E-state index in [-0.39, 0.29) is 0 Å². The van der Waals surface area contributed by atoms with E-state index in [1.165, 1.54) is 0 Å². The summed E-state index contributed by atoms with van der Waals surface area (Å²) in [7, 11) is 3.91. The van der Waals surface area contributed by atoms with Crippen LogP contribution in [0.15, 0.2) is 37.3 Å². The SMILES string of the molecule is Cn1ccnc1-c1nc(-n2ccnc2)cn1C. The fraction of sp³-hybridized carbons (Fsp3) is 0.182. The summed E-state index contributed by atoms with van der Waals surface area (Å²) in [5.41, 5.74) is 0. The van der Waals surface area contributed by atoms with Crippen molar-refractivity contribution in [2.75, 3.05) is 0 Å². The van der Waals surface area contributed by atoms with E-state index in [4.69, 9.17) is 0 Å². The molecule has 0 radical (unpaired) electrons. The normalized spacial score (nSPS) is 10.9. The van der Waals surface area contributed by atoms with Crippen LogP contribution in [-0.4, -0.2) is 28.7 Å². The molecule has 0 saturated carbocycles. The van der Waals surface area contributed by atoms with E-state index in [1.54, 1.807) is 18.7 Å². The maximum absolute atomic E-state index is 4.56.